The van der Waals surface area contributed by atoms with Gasteiger partial charge < -0.3 is 0 Å². The minimum Gasteiger partial charge on any atom is -0.103 e. The van der Waals surface area contributed by atoms with Gasteiger partial charge in [-0.3, -0.25) is 0 Å². The molecule has 0 aromatic rings. The van der Waals surface area contributed by atoms with Crippen LogP contribution < -0.4 is 0 Å². The first-order chi connectivity index (χ1) is 5.02. The summed E-state index contributed by atoms with van der Waals surface area (Å²) in [6, 6.07) is 0. The predicted octanol–water partition coefficient (Wildman–Crippen LogP) is 3.95. The lowest BCUT2D eigenvalue weighted by Crippen LogP contribution is -2.06. The molecule has 0 aromatic heterocycles. The molecule has 0 atom stereocenters. The zero-order valence-corrected chi connectivity index (χ0v) is 8.28. The molecule has 0 heteroatoms. The Hall–Kier alpha value is -0.520. The van der Waals surface area contributed by atoms with Crippen molar-refractivity contribution in [1.29, 1.82) is 0 Å². The fourth-order valence-electron chi connectivity index (χ4n) is 1.20. The summed E-state index contributed by atoms with van der Waals surface area (Å²) < 4.78 is 0. The SMILES string of the molecule is C=CCC(C)(C)/C=C(\C)CC. The highest BCUT2D eigenvalue weighted by Gasteiger charge is 2.11. The van der Waals surface area contributed by atoms with Crippen LogP contribution in [-0.4, -0.2) is 0 Å². The zero-order chi connectivity index (χ0) is 8.91. The van der Waals surface area contributed by atoms with Crippen molar-refractivity contribution in [3.63, 3.8) is 0 Å². The van der Waals surface area contributed by atoms with Crippen LogP contribution in [0.3, 0.4) is 0 Å². The van der Waals surface area contributed by atoms with Crippen molar-refractivity contribution in [2.45, 2.75) is 40.5 Å². The van der Waals surface area contributed by atoms with Gasteiger partial charge in [-0.1, -0.05) is 38.5 Å². The lowest BCUT2D eigenvalue weighted by molar-refractivity contribution is 0.484. The largest absolute Gasteiger partial charge is 0.103 e. The van der Waals surface area contributed by atoms with Crippen LogP contribution in [0.25, 0.3) is 0 Å². The summed E-state index contributed by atoms with van der Waals surface area (Å²) in [4.78, 5) is 0. The summed E-state index contributed by atoms with van der Waals surface area (Å²) in [5.74, 6) is 0. The molecule has 0 aromatic carbocycles. The second kappa shape index (κ2) is 4.38. The second-order valence-corrected chi connectivity index (χ2v) is 3.83. The third-order valence-corrected chi connectivity index (χ3v) is 1.87. The van der Waals surface area contributed by atoms with E-state index in [0.717, 1.165) is 12.8 Å². The van der Waals surface area contributed by atoms with Gasteiger partial charge in [0, 0.05) is 0 Å². The number of rotatable bonds is 4. The van der Waals surface area contributed by atoms with E-state index < -0.39 is 0 Å². The fourth-order valence-corrected chi connectivity index (χ4v) is 1.20. The predicted molar refractivity (Wildman–Crippen MR) is 52.6 cm³/mol. The molecule has 0 fully saturated rings. The number of hydrogen-bond donors (Lipinski definition) is 0. The third kappa shape index (κ3) is 4.83. The Kier molecular flexibility index (Phi) is 4.17. The molecule has 0 bridgehead atoms. The first kappa shape index (κ1) is 10.5. The Morgan fingerprint density at radius 3 is 2.36 bits per heavy atom. The lowest BCUT2D eigenvalue weighted by atomic mass is 9.87. The van der Waals surface area contributed by atoms with E-state index in [0.29, 0.717) is 5.41 Å². The van der Waals surface area contributed by atoms with Crippen LogP contribution in [0.15, 0.2) is 24.3 Å². The first-order valence-electron chi connectivity index (χ1n) is 4.31. The summed E-state index contributed by atoms with van der Waals surface area (Å²) in [6.45, 7) is 12.6. The van der Waals surface area contributed by atoms with Crippen molar-refractivity contribution in [3.8, 4) is 0 Å². The van der Waals surface area contributed by atoms with E-state index in [4.69, 9.17) is 0 Å². The average Bonchev–Trinajstić information content (AvgIpc) is 1.86. The highest BCUT2D eigenvalue weighted by molar-refractivity contribution is 5.05. The summed E-state index contributed by atoms with van der Waals surface area (Å²) in [5, 5.41) is 0. The van der Waals surface area contributed by atoms with Crippen molar-refractivity contribution < 1.29 is 0 Å². The molecule has 0 radical (unpaired) electrons. The van der Waals surface area contributed by atoms with Crippen LogP contribution in [0.2, 0.25) is 0 Å². The maximum Gasteiger partial charge on any atom is -0.0138 e. The van der Waals surface area contributed by atoms with Crippen molar-refractivity contribution in [2.24, 2.45) is 5.41 Å². The Balaban J connectivity index is 4.19. The smallest absolute Gasteiger partial charge is 0.0138 e. The second-order valence-electron chi connectivity index (χ2n) is 3.83. The van der Waals surface area contributed by atoms with E-state index >= 15 is 0 Å². The average molecular weight is 152 g/mol. The molecule has 0 rings (SSSR count). The van der Waals surface area contributed by atoms with Gasteiger partial charge in [0.2, 0.25) is 0 Å². The Bertz CT molecular complexity index is 149. The molecule has 0 saturated carbocycles. The third-order valence-electron chi connectivity index (χ3n) is 1.87. The normalized spacial score (nSPS) is 13.3. The van der Waals surface area contributed by atoms with Gasteiger partial charge in [-0.2, -0.15) is 0 Å². The summed E-state index contributed by atoms with van der Waals surface area (Å²) >= 11 is 0. The topological polar surface area (TPSA) is 0 Å². The molecule has 0 aliphatic carbocycles. The molecule has 0 unspecified atom stereocenters. The van der Waals surface area contributed by atoms with Gasteiger partial charge in [0.05, 0.1) is 0 Å². The van der Waals surface area contributed by atoms with E-state index in [2.05, 4.69) is 40.3 Å². The molecular formula is C11H20. The molecule has 0 saturated heterocycles. The van der Waals surface area contributed by atoms with Crippen LogP contribution in [0.1, 0.15) is 40.5 Å². The van der Waals surface area contributed by atoms with Crippen LogP contribution >= 0.6 is 0 Å². The van der Waals surface area contributed by atoms with Crippen molar-refractivity contribution in [2.75, 3.05) is 0 Å². The molecule has 0 N–H and O–H groups in total. The minimum absolute atomic E-state index is 0.293. The van der Waals surface area contributed by atoms with Crippen molar-refractivity contribution in [1.82, 2.24) is 0 Å². The maximum atomic E-state index is 3.75. The van der Waals surface area contributed by atoms with E-state index in [1.165, 1.54) is 5.57 Å². The first-order valence-corrected chi connectivity index (χ1v) is 4.31. The Labute approximate surface area is 71.0 Å². The summed E-state index contributed by atoms with van der Waals surface area (Å²) in [6.07, 6.45) is 6.54. The molecule has 64 valence electrons. The van der Waals surface area contributed by atoms with E-state index in [1.807, 2.05) is 6.08 Å². The van der Waals surface area contributed by atoms with Gasteiger partial charge in [-0.05, 0) is 25.2 Å². The molecule has 0 spiro atoms. The van der Waals surface area contributed by atoms with Gasteiger partial charge in [-0.25, -0.2) is 0 Å². The van der Waals surface area contributed by atoms with Gasteiger partial charge in [0.25, 0.3) is 0 Å². The van der Waals surface area contributed by atoms with Gasteiger partial charge >= 0.3 is 0 Å². The molecule has 0 amide bonds. The van der Waals surface area contributed by atoms with E-state index in [1.54, 1.807) is 0 Å². The van der Waals surface area contributed by atoms with Gasteiger partial charge in [0.15, 0.2) is 0 Å². The molecule has 0 nitrogen and oxygen atoms in total. The number of hydrogen-bond acceptors (Lipinski definition) is 0. The molecule has 11 heavy (non-hydrogen) atoms. The molecule has 0 aliphatic rings. The van der Waals surface area contributed by atoms with Crippen LogP contribution in [0, 0.1) is 5.41 Å². The monoisotopic (exact) mass is 152 g/mol. The maximum absolute atomic E-state index is 3.75. The quantitative estimate of drug-likeness (QED) is 0.535. The summed E-state index contributed by atoms with van der Waals surface area (Å²) in [7, 11) is 0. The summed E-state index contributed by atoms with van der Waals surface area (Å²) in [5.41, 5.74) is 1.76. The van der Waals surface area contributed by atoms with Gasteiger partial charge in [0.1, 0.15) is 0 Å². The van der Waals surface area contributed by atoms with Crippen LogP contribution in [0.5, 0.6) is 0 Å². The Morgan fingerprint density at radius 1 is 1.45 bits per heavy atom. The standard InChI is InChI=1S/C11H20/c1-6-8-11(4,5)9-10(3)7-2/h6,9H,1,7-8H2,2-5H3/b10-9+. The van der Waals surface area contributed by atoms with E-state index in [9.17, 15) is 0 Å². The van der Waals surface area contributed by atoms with Crippen LogP contribution in [0.4, 0.5) is 0 Å². The minimum atomic E-state index is 0.293. The van der Waals surface area contributed by atoms with Gasteiger partial charge in [-0.15, -0.1) is 6.58 Å². The highest BCUT2D eigenvalue weighted by Crippen LogP contribution is 2.24. The Morgan fingerprint density at radius 2 is 2.00 bits per heavy atom. The van der Waals surface area contributed by atoms with Crippen molar-refractivity contribution in [3.05, 3.63) is 24.3 Å². The van der Waals surface area contributed by atoms with Crippen molar-refractivity contribution >= 4 is 0 Å². The molecule has 0 heterocycles. The zero-order valence-electron chi connectivity index (χ0n) is 8.28. The van der Waals surface area contributed by atoms with Crippen LogP contribution in [-0.2, 0) is 0 Å². The molecular weight excluding hydrogens is 132 g/mol. The van der Waals surface area contributed by atoms with E-state index in [-0.39, 0.29) is 0 Å². The lowest BCUT2D eigenvalue weighted by Gasteiger charge is -2.18. The fraction of sp³-hybridized carbons (Fsp3) is 0.636. The number of allylic oxidation sites excluding steroid dienone is 3. The highest BCUT2D eigenvalue weighted by atomic mass is 14.2. The molecule has 0 aliphatic heterocycles.